The quantitative estimate of drug-likeness (QED) is 0.0828. The first kappa shape index (κ1) is 52.5. The van der Waals surface area contributed by atoms with Gasteiger partial charge in [-0.15, -0.1) is 0 Å². The van der Waals surface area contributed by atoms with Crippen LogP contribution in [0.15, 0.2) is 54.1 Å². The number of rotatable bonds is 13. The second kappa shape index (κ2) is 20.2. The Labute approximate surface area is 416 Å². The summed E-state index contributed by atoms with van der Waals surface area (Å²) in [6, 6.07) is 11.3. The summed E-state index contributed by atoms with van der Waals surface area (Å²) in [7, 11) is 0.413. The maximum Gasteiger partial charge on any atom is 0.373 e. The van der Waals surface area contributed by atoms with Crippen LogP contribution in [-0.2, 0) is 55.3 Å². The number of benzene rings is 2. The molecule has 1 saturated carbocycles. The number of aryl methyl sites for hydroxylation is 1. The summed E-state index contributed by atoms with van der Waals surface area (Å²) in [5.41, 5.74) is 4.63. The minimum Gasteiger partial charge on any atom is -0.462 e. The van der Waals surface area contributed by atoms with Crippen LogP contribution < -0.4 is 15.5 Å². The molecule has 7 aliphatic rings. The minimum absolute atomic E-state index is 0.176. The molecule has 16 nitrogen and oxygen atoms in total. The molecule has 5 heterocycles. The summed E-state index contributed by atoms with van der Waals surface area (Å²) in [6.45, 7) is 13.6. The first-order valence-electron chi connectivity index (χ1n) is 25.1. The molecule has 2 aromatic rings. The molecular formula is C53H69FN5O11P. The fraction of sp³-hybridized carbons (Fsp3) is 0.604. The third-order valence-corrected chi connectivity index (χ3v) is 17.8. The average molecular weight is 1000 g/mol. The van der Waals surface area contributed by atoms with E-state index in [-0.39, 0.29) is 44.1 Å². The molecule has 9 rings (SSSR count). The van der Waals surface area contributed by atoms with Gasteiger partial charge in [0.2, 0.25) is 5.91 Å². The number of amides is 2. The molecule has 5 N–H and O–H groups in total. The number of nitrogens with one attached hydrogen (secondary N) is 2. The molecule has 2 bridgehead atoms. The molecule has 2 saturated heterocycles. The monoisotopic (exact) mass is 1000 g/mol. The standard InChI is InChI=1S/C52H69FN5O9P.CO2/c1-7-49(64)28-33-27-48(5,38-25-34-12-9-10-13-35(34)36(38)16-21-57(29-33)30-49)37-26-39-40(24-31(37)3)56(6)45-51(39)18-22-58-20-11-17-50(8-2,44(51)58)46(62)52(45,65)47(63)54-19-23-66-43(61)32(4)55-41(59)14-15-42(60)67-68-53;2-1-3/h9-13,17,24,26,32-33,44-46,62,64-65,68H,7-8,14-16,18-23,25,27-30H2,1-6H3,(H,54,63)(H,55,59);/t32?,33?,44?,45?,46-,48-,49?,50-,51?,52+;/m0./s1. The summed E-state index contributed by atoms with van der Waals surface area (Å²) in [5.74, 6) is -2.78. The summed E-state index contributed by atoms with van der Waals surface area (Å²) in [6.07, 6.45) is 7.39. The Hall–Kier alpha value is -4.86. The summed E-state index contributed by atoms with van der Waals surface area (Å²) >= 11 is 0. The highest BCUT2D eigenvalue weighted by atomic mass is 31.1. The molecule has 18 heteroatoms. The normalized spacial score (nSPS) is 33.7. The Morgan fingerprint density at radius 2 is 1.77 bits per heavy atom. The van der Waals surface area contributed by atoms with Crippen LogP contribution in [0.3, 0.4) is 0 Å². The first-order valence-corrected chi connectivity index (χ1v) is 25.9. The number of fused-ring (bicyclic) bond motifs is 5. The second-order valence-electron chi connectivity index (χ2n) is 21.3. The smallest absolute Gasteiger partial charge is 0.373 e. The molecule has 2 aliphatic carbocycles. The Morgan fingerprint density at radius 3 is 2.49 bits per heavy atom. The predicted molar refractivity (Wildman–Crippen MR) is 263 cm³/mol. The fourth-order valence-corrected chi connectivity index (χ4v) is 14.8. The average Bonchev–Trinajstić information content (AvgIpc) is 4.00. The molecule has 3 fully saturated rings. The molecule has 384 valence electrons. The van der Waals surface area contributed by atoms with Gasteiger partial charge in [-0.25, -0.2) is 4.79 Å². The van der Waals surface area contributed by atoms with Gasteiger partial charge in [0.25, 0.3) is 15.0 Å². The van der Waals surface area contributed by atoms with Gasteiger partial charge in [-0.2, -0.15) is 13.8 Å². The molecule has 5 aliphatic heterocycles. The minimum atomic E-state index is -2.32. The van der Waals surface area contributed by atoms with Crippen molar-refractivity contribution in [3.05, 3.63) is 81.9 Å². The van der Waals surface area contributed by atoms with Crippen LogP contribution in [0.4, 0.5) is 9.88 Å². The van der Waals surface area contributed by atoms with Gasteiger partial charge < -0.3 is 40.1 Å². The fourth-order valence-electron chi connectivity index (χ4n) is 14.7. The zero-order chi connectivity index (χ0) is 51.3. The third-order valence-electron chi connectivity index (χ3n) is 17.5. The van der Waals surface area contributed by atoms with Crippen LogP contribution >= 0.6 is 9.12 Å². The first-order chi connectivity index (χ1) is 33.8. The molecule has 8 unspecified atom stereocenters. The predicted octanol–water partition coefficient (Wildman–Crippen LogP) is 4.10. The van der Waals surface area contributed by atoms with Crippen LogP contribution in [0.2, 0.25) is 0 Å². The van der Waals surface area contributed by atoms with E-state index in [2.05, 4.69) is 88.2 Å². The van der Waals surface area contributed by atoms with Gasteiger partial charge in [0.1, 0.15) is 18.8 Å². The number of likely N-dealkylation sites (N-methyl/N-ethyl adjacent to an activating group) is 1. The number of aliphatic hydroxyl groups excluding tert-OH is 1. The number of anilines is 1. The third kappa shape index (κ3) is 8.76. The topological polar surface area (TPSA) is 215 Å². The van der Waals surface area contributed by atoms with Gasteiger partial charge in [-0.3, -0.25) is 24.2 Å². The number of piperidine rings is 1. The van der Waals surface area contributed by atoms with Gasteiger partial charge in [-0.05, 0) is 111 Å². The Bertz CT molecular complexity index is 2540. The number of hydrogen-bond donors (Lipinski definition) is 5. The molecule has 12 atom stereocenters. The molecule has 0 radical (unpaired) electrons. The number of halogens is 1. The molecule has 1 spiro atoms. The molecule has 71 heavy (non-hydrogen) atoms. The number of carbonyl (C=O) groups is 4. The lowest BCUT2D eigenvalue weighted by atomic mass is 9.47. The van der Waals surface area contributed by atoms with E-state index in [0.717, 1.165) is 62.1 Å². The number of hydrogen-bond acceptors (Lipinski definition) is 14. The van der Waals surface area contributed by atoms with Crippen molar-refractivity contribution in [1.82, 2.24) is 20.4 Å². The number of nitrogens with zero attached hydrogens (tertiary/aromatic N) is 3. The highest BCUT2D eigenvalue weighted by Gasteiger charge is 2.78. The molecule has 0 aromatic heterocycles. The highest BCUT2D eigenvalue weighted by molar-refractivity contribution is 7.26. The van der Waals surface area contributed by atoms with Crippen molar-refractivity contribution < 1.29 is 57.5 Å². The van der Waals surface area contributed by atoms with E-state index in [4.69, 9.17) is 14.3 Å². The van der Waals surface area contributed by atoms with Crippen molar-refractivity contribution in [3.8, 4) is 0 Å². The maximum atomic E-state index is 14.9. The summed E-state index contributed by atoms with van der Waals surface area (Å²) in [5, 5.41) is 43.5. The maximum absolute atomic E-state index is 14.9. The van der Waals surface area contributed by atoms with E-state index in [1.807, 2.05) is 24.9 Å². The van der Waals surface area contributed by atoms with Crippen LogP contribution in [0.1, 0.15) is 107 Å². The lowest BCUT2D eigenvalue weighted by molar-refractivity contribution is -0.203. The number of ether oxygens (including phenoxy) is 1. The summed E-state index contributed by atoms with van der Waals surface area (Å²) in [4.78, 5) is 74.8. The number of allylic oxidation sites excluding steroid dienone is 1. The number of carbonyl (C=O) groups excluding carboxylic acids is 6. The SMILES string of the molecule is CCC1(O)CC2CN(CCC3=C(Cc4ccccc43)[C@](C)(c3cc4c(cc3C)N(C)C3C45CCN4CC=C[C@@](CC)(C45)[C@H](O)[C@@]3(O)C(=O)NCCOC(=O)C(C)NC(=O)CCC(=O)OPF)C2)C1.O=C=O. The van der Waals surface area contributed by atoms with Crippen molar-refractivity contribution in [1.29, 1.82) is 0 Å². The van der Waals surface area contributed by atoms with Crippen LogP contribution in [0.25, 0.3) is 5.57 Å². The largest absolute Gasteiger partial charge is 0.462 e. The Balaban J connectivity index is 0.00000220. The second-order valence-corrected chi connectivity index (χ2v) is 21.6. The molecular weight excluding hydrogens is 933 g/mol. The van der Waals surface area contributed by atoms with E-state index >= 15 is 0 Å². The lowest BCUT2D eigenvalue weighted by Crippen LogP contribution is -2.81. The van der Waals surface area contributed by atoms with Crippen molar-refractivity contribution in [3.63, 3.8) is 0 Å². The van der Waals surface area contributed by atoms with E-state index in [1.165, 1.54) is 34.8 Å². The van der Waals surface area contributed by atoms with Crippen molar-refractivity contribution in [2.45, 2.75) is 139 Å². The van der Waals surface area contributed by atoms with E-state index in [0.29, 0.717) is 32.4 Å². The summed E-state index contributed by atoms with van der Waals surface area (Å²) < 4.78 is 21.9. The van der Waals surface area contributed by atoms with Crippen molar-refractivity contribution >= 4 is 50.3 Å². The van der Waals surface area contributed by atoms with Gasteiger partial charge in [0.05, 0.1) is 24.6 Å². The Kier molecular flexibility index (Phi) is 14.9. The zero-order valence-electron chi connectivity index (χ0n) is 41.6. The molecule has 2 aromatic carbocycles. The van der Waals surface area contributed by atoms with Crippen LogP contribution in [-0.4, -0.2) is 143 Å². The van der Waals surface area contributed by atoms with Gasteiger partial charge >= 0.3 is 18.1 Å². The van der Waals surface area contributed by atoms with E-state index < -0.39 is 78.5 Å². The van der Waals surface area contributed by atoms with Crippen molar-refractivity contribution in [2.24, 2.45) is 11.3 Å². The van der Waals surface area contributed by atoms with Gasteiger partial charge in [0, 0.05) is 67.6 Å². The zero-order valence-corrected chi connectivity index (χ0v) is 42.6. The van der Waals surface area contributed by atoms with Crippen molar-refractivity contribution in [2.75, 3.05) is 57.8 Å². The number of esters is 1. The van der Waals surface area contributed by atoms with Gasteiger partial charge in [-0.1, -0.05) is 68.8 Å². The van der Waals surface area contributed by atoms with E-state index in [1.54, 1.807) is 0 Å². The van der Waals surface area contributed by atoms with Crippen LogP contribution in [0, 0.1) is 18.3 Å². The highest BCUT2D eigenvalue weighted by Crippen LogP contribution is 2.67. The molecule has 2 amide bonds. The number of aliphatic hydroxyl groups is 3. The lowest BCUT2D eigenvalue weighted by Gasteiger charge is -2.63. The van der Waals surface area contributed by atoms with Gasteiger partial charge in [0.15, 0.2) is 5.60 Å². The Morgan fingerprint density at radius 1 is 1.03 bits per heavy atom. The van der Waals surface area contributed by atoms with Crippen LogP contribution in [0.5, 0.6) is 0 Å². The van der Waals surface area contributed by atoms with E-state index in [9.17, 15) is 38.7 Å².